The number of nitrogens with zero attached hydrogens (tertiary/aromatic N) is 4. The number of rotatable bonds is 1. The third kappa shape index (κ3) is 4.58. The second-order valence-electron chi connectivity index (χ2n) is 6.39. The van der Waals surface area contributed by atoms with Gasteiger partial charge in [0.1, 0.15) is 0 Å². The van der Waals surface area contributed by atoms with Gasteiger partial charge in [-0.25, -0.2) is 9.78 Å². The van der Waals surface area contributed by atoms with Crippen molar-refractivity contribution in [2.24, 2.45) is 7.05 Å². The van der Waals surface area contributed by atoms with Gasteiger partial charge in [-0.05, 0) is 12.8 Å². The number of fused-ring (bicyclic) bond motifs is 1. The summed E-state index contributed by atoms with van der Waals surface area (Å²) in [7, 11) is 1.89. The number of carboxylic acids is 1. The Morgan fingerprint density at radius 2 is 1.74 bits per heavy atom. The van der Waals surface area contributed by atoms with Gasteiger partial charge in [0.15, 0.2) is 6.04 Å². The van der Waals surface area contributed by atoms with Crippen LogP contribution < -0.4 is 0 Å². The average molecular weight is 390 g/mol. The zero-order valence-electron chi connectivity index (χ0n) is 15.0. The number of aryl methyl sites for hydroxylation is 1. The molecule has 8 nitrogen and oxygen atoms in total. The van der Waals surface area contributed by atoms with Crippen molar-refractivity contribution in [2.45, 2.75) is 38.4 Å². The van der Waals surface area contributed by atoms with Crippen molar-refractivity contribution in [3.8, 4) is 0 Å². The monoisotopic (exact) mass is 390 g/mol. The molecule has 0 aliphatic carbocycles. The van der Waals surface area contributed by atoms with Crippen LogP contribution in [-0.2, 0) is 27.9 Å². The molecule has 1 saturated heterocycles. The van der Waals surface area contributed by atoms with E-state index in [9.17, 15) is 22.8 Å². The molecule has 1 fully saturated rings. The quantitative estimate of drug-likeness (QED) is 0.775. The van der Waals surface area contributed by atoms with Crippen molar-refractivity contribution in [3.63, 3.8) is 0 Å². The Labute approximate surface area is 153 Å². The minimum Gasteiger partial charge on any atom is -0.475 e. The third-order valence-corrected chi connectivity index (χ3v) is 4.52. The first-order chi connectivity index (χ1) is 12.5. The van der Waals surface area contributed by atoms with Gasteiger partial charge in [-0.1, -0.05) is 0 Å². The fourth-order valence-corrected chi connectivity index (χ4v) is 3.23. The Kier molecular flexibility index (Phi) is 6.11. The van der Waals surface area contributed by atoms with E-state index in [0.29, 0.717) is 6.54 Å². The molecule has 0 bridgehead atoms. The van der Waals surface area contributed by atoms with Gasteiger partial charge in [-0.2, -0.15) is 13.2 Å². The van der Waals surface area contributed by atoms with Gasteiger partial charge in [-0.15, -0.1) is 0 Å². The van der Waals surface area contributed by atoms with Gasteiger partial charge in [-0.3, -0.25) is 9.59 Å². The minimum absolute atomic E-state index is 0.0438. The molecule has 3 rings (SSSR count). The van der Waals surface area contributed by atoms with E-state index in [-0.39, 0.29) is 11.8 Å². The fraction of sp³-hybridized carbons (Fsp3) is 0.625. The fourth-order valence-electron chi connectivity index (χ4n) is 3.23. The lowest BCUT2D eigenvalue weighted by atomic mass is 10.0. The number of imidazole rings is 1. The molecule has 2 amide bonds. The Bertz CT molecular complexity index is 726. The van der Waals surface area contributed by atoms with Crippen LogP contribution in [0.1, 0.15) is 37.2 Å². The number of carbonyl (C=O) groups excluding carboxylic acids is 2. The Morgan fingerprint density at radius 1 is 1.19 bits per heavy atom. The second kappa shape index (κ2) is 7.97. The predicted octanol–water partition coefficient (Wildman–Crippen LogP) is 1.12. The molecule has 0 aromatic carbocycles. The number of aliphatic carboxylic acids is 1. The molecule has 0 radical (unpaired) electrons. The molecule has 3 heterocycles. The maximum absolute atomic E-state index is 12.8. The van der Waals surface area contributed by atoms with Crippen molar-refractivity contribution in [1.82, 2.24) is 19.4 Å². The van der Waals surface area contributed by atoms with E-state index in [2.05, 4.69) is 4.98 Å². The zero-order valence-corrected chi connectivity index (χ0v) is 15.0. The zero-order chi connectivity index (χ0) is 20.4. The summed E-state index contributed by atoms with van der Waals surface area (Å²) in [6, 6.07) is -0.498. The van der Waals surface area contributed by atoms with Crippen molar-refractivity contribution >= 4 is 17.8 Å². The standard InChI is InChI=1S/C14H20N4O2.C2HF3O2/c1-10(19)18-8-5-11-12(16(2)9-15-11)13(18)14(20)17-6-3-4-7-17;3-2(4,5)1(6)7/h9,13H,3-8H2,1-2H3;(H,6,7). The molecular weight excluding hydrogens is 369 g/mol. The van der Waals surface area contributed by atoms with Crippen LogP contribution in [0.2, 0.25) is 0 Å². The van der Waals surface area contributed by atoms with Gasteiger partial charge < -0.3 is 19.5 Å². The number of alkyl halides is 3. The molecule has 150 valence electrons. The van der Waals surface area contributed by atoms with Gasteiger partial charge in [0, 0.05) is 40.0 Å². The summed E-state index contributed by atoms with van der Waals surface area (Å²) >= 11 is 0. The van der Waals surface area contributed by atoms with E-state index in [1.165, 1.54) is 6.92 Å². The smallest absolute Gasteiger partial charge is 0.475 e. The number of carboxylic acid groups (broad SMARTS) is 1. The molecular formula is C16H21F3N4O4. The molecule has 2 aliphatic heterocycles. The number of amides is 2. The summed E-state index contributed by atoms with van der Waals surface area (Å²) in [5.74, 6) is -2.76. The van der Waals surface area contributed by atoms with E-state index in [1.807, 2.05) is 16.5 Å². The second-order valence-corrected chi connectivity index (χ2v) is 6.39. The Hall–Kier alpha value is -2.59. The highest BCUT2D eigenvalue weighted by Gasteiger charge is 2.40. The van der Waals surface area contributed by atoms with Crippen molar-refractivity contribution in [2.75, 3.05) is 19.6 Å². The van der Waals surface area contributed by atoms with Crippen LogP contribution in [0.25, 0.3) is 0 Å². The van der Waals surface area contributed by atoms with E-state index < -0.39 is 18.2 Å². The highest BCUT2D eigenvalue weighted by molar-refractivity contribution is 5.88. The van der Waals surface area contributed by atoms with Crippen LogP contribution in [0.5, 0.6) is 0 Å². The predicted molar refractivity (Wildman–Crippen MR) is 86.5 cm³/mol. The minimum atomic E-state index is -5.08. The SMILES string of the molecule is CC(=O)N1CCc2ncn(C)c2C1C(=O)N1CCCC1.O=C(O)C(F)(F)F. The third-order valence-electron chi connectivity index (χ3n) is 4.52. The number of hydrogen-bond donors (Lipinski definition) is 1. The molecule has 27 heavy (non-hydrogen) atoms. The molecule has 1 aromatic heterocycles. The van der Waals surface area contributed by atoms with Crippen LogP contribution >= 0.6 is 0 Å². The highest BCUT2D eigenvalue weighted by Crippen LogP contribution is 2.31. The molecule has 1 N–H and O–H groups in total. The summed E-state index contributed by atoms with van der Waals surface area (Å²) in [5, 5.41) is 7.12. The van der Waals surface area contributed by atoms with Gasteiger partial charge in [0.25, 0.3) is 5.91 Å². The lowest BCUT2D eigenvalue weighted by Crippen LogP contribution is -2.47. The lowest BCUT2D eigenvalue weighted by molar-refractivity contribution is -0.192. The summed E-state index contributed by atoms with van der Waals surface area (Å²) in [6.07, 6.45) is -0.522. The average Bonchev–Trinajstić information content (AvgIpc) is 3.23. The Morgan fingerprint density at radius 3 is 2.22 bits per heavy atom. The first-order valence-corrected chi connectivity index (χ1v) is 8.40. The number of hydrogen-bond acceptors (Lipinski definition) is 4. The van der Waals surface area contributed by atoms with E-state index in [0.717, 1.165) is 43.7 Å². The van der Waals surface area contributed by atoms with Crippen LogP contribution in [0.15, 0.2) is 6.33 Å². The van der Waals surface area contributed by atoms with Crippen LogP contribution in [0.4, 0.5) is 13.2 Å². The first kappa shape index (κ1) is 20.7. The summed E-state index contributed by atoms with van der Waals surface area (Å²) in [5.41, 5.74) is 1.82. The largest absolute Gasteiger partial charge is 0.490 e. The molecule has 1 atom stereocenters. The van der Waals surface area contributed by atoms with E-state index >= 15 is 0 Å². The maximum atomic E-state index is 12.8. The normalized spacial score (nSPS) is 19.2. The van der Waals surface area contributed by atoms with E-state index in [1.54, 1.807) is 11.2 Å². The van der Waals surface area contributed by atoms with Gasteiger partial charge in [0.2, 0.25) is 5.91 Å². The number of carbonyl (C=O) groups is 3. The number of likely N-dealkylation sites (tertiary alicyclic amines) is 1. The number of halogens is 3. The van der Waals surface area contributed by atoms with Gasteiger partial charge in [0.05, 0.1) is 17.7 Å². The number of aromatic nitrogens is 2. The molecule has 2 aliphatic rings. The molecule has 0 spiro atoms. The van der Waals surface area contributed by atoms with Crippen molar-refractivity contribution in [3.05, 3.63) is 17.7 Å². The molecule has 1 unspecified atom stereocenters. The van der Waals surface area contributed by atoms with E-state index in [4.69, 9.17) is 9.90 Å². The summed E-state index contributed by atoms with van der Waals surface area (Å²) in [6.45, 7) is 3.71. The highest BCUT2D eigenvalue weighted by atomic mass is 19.4. The first-order valence-electron chi connectivity index (χ1n) is 8.40. The molecule has 11 heteroatoms. The van der Waals surface area contributed by atoms with Gasteiger partial charge >= 0.3 is 12.1 Å². The molecule has 0 saturated carbocycles. The van der Waals surface area contributed by atoms with Crippen LogP contribution in [0.3, 0.4) is 0 Å². The Balaban J connectivity index is 0.000000321. The van der Waals surface area contributed by atoms with Crippen LogP contribution in [0, 0.1) is 0 Å². The van der Waals surface area contributed by atoms with Crippen LogP contribution in [-0.4, -0.2) is 68.1 Å². The summed E-state index contributed by atoms with van der Waals surface area (Å²) < 4.78 is 33.6. The van der Waals surface area contributed by atoms with Crippen molar-refractivity contribution < 1.29 is 32.7 Å². The molecule has 1 aromatic rings. The van der Waals surface area contributed by atoms with Crippen molar-refractivity contribution in [1.29, 1.82) is 0 Å². The lowest BCUT2D eigenvalue weighted by Gasteiger charge is -2.36. The summed E-state index contributed by atoms with van der Waals surface area (Å²) in [4.78, 5) is 41.5. The topological polar surface area (TPSA) is 95.7 Å². The maximum Gasteiger partial charge on any atom is 0.490 e.